The molecule has 0 amide bonds. The summed E-state index contributed by atoms with van der Waals surface area (Å²) in [7, 11) is 0. The molecule has 2 aromatic rings. The van der Waals surface area contributed by atoms with Crippen LogP contribution in [0.2, 0.25) is 0 Å². The second kappa shape index (κ2) is 4.91. The first kappa shape index (κ1) is 11.4. The maximum absolute atomic E-state index is 9.25. The summed E-state index contributed by atoms with van der Waals surface area (Å²) in [5.41, 5.74) is 0. The van der Waals surface area contributed by atoms with E-state index < -0.39 is 0 Å². The molecule has 6 heteroatoms. The van der Waals surface area contributed by atoms with E-state index >= 15 is 0 Å². The molecule has 3 rings (SSSR count). The van der Waals surface area contributed by atoms with E-state index in [4.69, 9.17) is 8.94 Å². The van der Waals surface area contributed by atoms with Crippen molar-refractivity contribution in [1.29, 1.82) is 0 Å². The van der Waals surface area contributed by atoms with Crippen LogP contribution in [0.1, 0.15) is 18.7 Å². The van der Waals surface area contributed by atoms with Crippen LogP contribution in [-0.4, -0.2) is 39.3 Å². The van der Waals surface area contributed by atoms with Gasteiger partial charge >= 0.3 is 0 Å². The maximum Gasteiger partial charge on any atom is 0.293 e. The number of aliphatic hydroxyl groups excluding tert-OH is 1. The van der Waals surface area contributed by atoms with Gasteiger partial charge < -0.3 is 14.0 Å². The molecule has 2 aromatic heterocycles. The Bertz CT molecular complexity index is 494. The molecule has 0 aromatic carbocycles. The van der Waals surface area contributed by atoms with Crippen LogP contribution in [0.15, 0.2) is 27.3 Å². The summed E-state index contributed by atoms with van der Waals surface area (Å²) in [6.07, 6.45) is 3.70. The molecule has 1 aliphatic heterocycles. The summed E-state index contributed by atoms with van der Waals surface area (Å²) in [5, 5.41) is 13.2. The van der Waals surface area contributed by atoms with Gasteiger partial charge in [-0.15, -0.1) is 0 Å². The van der Waals surface area contributed by atoms with Crippen LogP contribution in [0, 0.1) is 0 Å². The second-order valence-corrected chi connectivity index (χ2v) is 4.44. The Balaban J connectivity index is 1.70. The van der Waals surface area contributed by atoms with Crippen LogP contribution < -0.4 is 0 Å². The number of aromatic nitrogens is 2. The minimum atomic E-state index is 0.183. The van der Waals surface area contributed by atoms with Gasteiger partial charge in [0.25, 0.3) is 5.89 Å². The fourth-order valence-electron chi connectivity index (χ4n) is 2.31. The average molecular weight is 249 g/mol. The van der Waals surface area contributed by atoms with E-state index in [2.05, 4.69) is 15.0 Å². The lowest BCUT2D eigenvalue weighted by atomic mass is 10.2. The number of hydrogen-bond donors (Lipinski definition) is 1. The molecule has 0 saturated carbocycles. The van der Waals surface area contributed by atoms with Gasteiger partial charge in [-0.2, -0.15) is 4.98 Å². The highest BCUT2D eigenvalue weighted by molar-refractivity contribution is 5.42. The fraction of sp³-hybridized carbons (Fsp3) is 0.500. The Labute approximate surface area is 104 Å². The predicted molar refractivity (Wildman–Crippen MR) is 62.5 cm³/mol. The molecule has 0 aliphatic carbocycles. The summed E-state index contributed by atoms with van der Waals surface area (Å²) in [6, 6.07) is 3.78. The van der Waals surface area contributed by atoms with Crippen molar-refractivity contribution < 1.29 is 14.0 Å². The lowest BCUT2D eigenvalue weighted by Gasteiger charge is -2.20. The third kappa shape index (κ3) is 2.16. The summed E-state index contributed by atoms with van der Waals surface area (Å²) in [4.78, 5) is 6.47. The standard InChI is InChI=1S/C12H15N3O3/c16-8-9-3-1-5-15(9)7-11-13-12(18-14-11)10-4-2-6-17-10/h2,4,6,9,16H,1,3,5,7-8H2. The molecule has 1 saturated heterocycles. The van der Waals surface area contributed by atoms with Gasteiger partial charge in [0.2, 0.25) is 0 Å². The molecule has 0 radical (unpaired) electrons. The highest BCUT2D eigenvalue weighted by Crippen LogP contribution is 2.21. The van der Waals surface area contributed by atoms with E-state index in [1.807, 2.05) is 0 Å². The third-order valence-electron chi connectivity index (χ3n) is 3.25. The van der Waals surface area contributed by atoms with E-state index in [-0.39, 0.29) is 12.6 Å². The molecule has 1 N–H and O–H groups in total. The van der Waals surface area contributed by atoms with Crippen LogP contribution in [0.3, 0.4) is 0 Å². The minimum absolute atomic E-state index is 0.183. The van der Waals surface area contributed by atoms with Crippen LogP contribution in [0.5, 0.6) is 0 Å². The van der Waals surface area contributed by atoms with Crippen molar-refractivity contribution in [3.63, 3.8) is 0 Å². The zero-order chi connectivity index (χ0) is 12.4. The summed E-state index contributed by atoms with van der Waals surface area (Å²) < 4.78 is 10.3. The normalized spacial score (nSPS) is 20.6. The van der Waals surface area contributed by atoms with E-state index in [1.54, 1.807) is 18.4 Å². The van der Waals surface area contributed by atoms with E-state index in [0.29, 0.717) is 24.0 Å². The van der Waals surface area contributed by atoms with Gasteiger partial charge in [-0.25, -0.2) is 0 Å². The molecule has 1 unspecified atom stereocenters. The van der Waals surface area contributed by atoms with E-state index in [0.717, 1.165) is 19.4 Å². The van der Waals surface area contributed by atoms with Gasteiger partial charge in [0, 0.05) is 6.04 Å². The SMILES string of the molecule is OCC1CCCN1Cc1noc(-c2ccco2)n1. The van der Waals surface area contributed by atoms with E-state index in [1.165, 1.54) is 0 Å². The largest absolute Gasteiger partial charge is 0.459 e. The molecule has 3 heterocycles. The number of rotatable bonds is 4. The molecule has 1 aliphatic rings. The lowest BCUT2D eigenvalue weighted by Crippen LogP contribution is -2.31. The van der Waals surface area contributed by atoms with E-state index in [9.17, 15) is 5.11 Å². The minimum Gasteiger partial charge on any atom is -0.459 e. The van der Waals surface area contributed by atoms with Gasteiger partial charge in [0.05, 0.1) is 19.4 Å². The summed E-state index contributed by atoms with van der Waals surface area (Å²) in [6.45, 7) is 1.76. The van der Waals surface area contributed by atoms with Crippen molar-refractivity contribution in [1.82, 2.24) is 15.0 Å². The van der Waals surface area contributed by atoms with Crippen LogP contribution in [0.4, 0.5) is 0 Å². The van der Waals surface area contributed by atoms with Gasteiger partial charge in [0.1, 0.15) is 0 Å². The zero-order valence-electron chi connectivity index (χ0n) is 9.95. The van der Waals surface area contributed by atoms with Crippen molar-refractivity contribution in [3.05, 3.63) is 24.2 Å². The third-order valence-corrected chi connectivity index (χ3v) is 3.25. The molecule has 0 spiro atoms. The molecule has 6 nitrogen and oxygen atoms in total. The van der Waals surface area contributed by atoms with Gasteiger partial charge in [-0.1, -0.05) is 5.16 Å². The summed E-state index contributed by atoms with van der Waals surface area (Å²) in [5.74, 6) is 1.60. The first-order valence-corrected chi connectivity index (χ1v) is 6.08. The van der Waals surface area contributed by atoms with Crippen molar-refractivity contribution in [3.8, 4) is 11.7 Å². The Morgan fingerprint density at radius 1 is 1.50 bits per heavy atom. The molecule has 18 heavy (non-hydrogen) atoms. The molecular weight excluding hydrogens is 234 g/mol. The van der Waals surface area contributed by atoms with Crippen molar-refractivity contribution in [2.45, 2.75) is 25.4 Å². The summed E-state index contributed by atoms with van der Waals surface area (Å²) >= 11 is 0. The fourth-order valence-corrected chi connectivity index (χ4v) is 2.31. The Hall–Kier alpha value is -1.66. The highest BCUT2D eigenvalue weighted by Gasteiger charge is 2.25. The Morgan fingerprint density at radius 2 is 2.44 bits per heavy atom. The number of furan rings is 1. The Morgan fingerprint density at radius 3 is 3.22 bits per heavy atom. The second-order valence-electron chi connectivity index (χ2n) is 4.44. The molecular formula is C12H15N3O3. The van der Waals surface area contributed by atoms with Crippen LogP contribution >= 0.6 is 0 Å². The Kier molecular flexibility index (Phi) is 3.12. The number of nitrogens with zero attached hydrogens (tertiary/aromatic N) is 3. The maximum atomic E-state index is 9.25. The number of hydrogen-bond acceptors (Lipinski definition) is 6. The van der Waals surface area contributed by atoms with Crippen molar-refractivity contribution in [2.24, 2.45) is 0 Å². The van der Waals surface area contributed by atoms with Gasteiger partial charge in [-0.05, 0) is 31.5 Å². The highest BCUT2D eigenvalue weighted by atomic mass is 16.5. The molecule has 0 bridgehead atoms. The van der Waals surface area contributed by atoms with Crippen LogP contribution in [-0.2, 0) is 6.54 Å². The molecule has 1 atom stereocenters. The van der Waals surface area contributed by atoms with Gasteiger partial charge in [-0.3, -0.25) is 4.90 Å². The molecule has 1 fully saturated rings. The average Bonchev–Trinajstić information content (AvgIpc) is 3.10. The smallest absolute Gasteiger partial charge is 0.293 e. The molecule has 96 valence electrons. The monoisotopic (exact) mass is 249 g/mol. The first-order valence-electron chi connectivity index (χ1n) is 6.08. The lowest BCUT2D eigenvalue weighted by molar-refractivity contribution is 0.150. The van der Waals surface area contributed by atoms with Crippen molar-refractivity contribution >= 4 is 0 Å². The van der Waals surface area contributed by atoms with Crippen LogP contribution in [0.25, 0.3) is 11.7 Å². The number of likely N-dealkylation sites (tertiary alicyclic amines) is 1. The van der Waals surface area contributed by atoms with Gasteiger partial charge in [0.15, 0.2) is 11.6 Å². The van der Waals surface area contributed by atoms with Crippen molar-refractivity contribution in [2.75, 3.05) is 13.2 Å². The zero-order valence-corrected chi connectivity index (χ0v) is 9.95. The topological polar surface area (TPSA) is 75.5 Å². The quantitative estimate of drug-likeness (QED) is 0.879. The predicted octanol–water partition coefficient (Wildman–Crippen LogP) is 1.29. The first-order chi connectivity index (χ1) is 8.86. The number of aliphatic hydroxyl groups is 1.